The number of rotatable bonds is 2. The molecule has 1 unspecified atom stereocenters. The maximum absolute atomic E-state index is 13.1. The number of aromatic hydroxyl groups is 1. The second-order valence-corrected chi connectivity index (χ2v) is 7.83. The van der Waals surface area contributed by atoms with Crippen LogP contribution in [0.3, 0.4) is 0 Å². The third kappa shape index (κ3) is 3.19. The van der Waals surface area contributed by atoms with E-state index in [-0.39, 0.29) is 41.6 Å². The van der Waals surface area contributed by atoms with Crippen molar-refractivity contribution in [2.75, 3.05) is 39.9 Å². The molecule has 1 N–H and O–H groups in total. The molecular formula is C20H27N3O4. The molecule has 7 nitrogen and oxygen atoms in total. The van der Waals surface area contributed by atoms with E-state index < -0.39 is 0 Å². The molecule has 0 aliphatic carbocycles. The van der Waals surface area contributed by atoms with Gasteiger partial charge in [0.1, 0.15) is 5.75 Å². The molecule has 4 atom stereocenters. The van der Waals surface area contributed by atoms with Gasteiger partial charge in [0.15, 0.2) is 0 Å². The number of amides is 2. The van der Waals surface area contributed by atoms with E-state index in [0.717, 1.165) is 6.42 Å². The number of nitrogens with zero attached hydrogens (tertiary/aromatic N) is 3. The Labute approximate surface area is 159 Å². The summed E-state index contributed by atoms with van der Waals surface area (Å²) >= 11 is 0. The largest absolute Gasteiger partial charge is 0.508 e. The van der Waals surface area contributed by atoms with Crippen molar-refractivity contribution >= 4 is 11.8 Å². The van der Waals surface area contributed by atoms with Gasteiger partial charge in [0, 0.05) is 43.3 Å². The van der Waals surface area contributed by atoms with Gasteiger partial charge in [-0.1, -0.05) is 0 Å². The predicted molar refractivity (Wildman–Crippen MR) is 99.5 cm³/mol. The average molecular weight is 373 g/mol. The Morgan fingerprint density at radius 2 is 1.81 bits per heavy atom. The number of fused-ring (bicyclic) bond motifs is 2. The van der Waals surface area contributed by atoms with E-state index in [2.05, 4.69) is 11.9 Å². The van der Waals surface area contributed by atoms with Crippen LogP contribution in [0.15, 0.2) is 24.3 Å². The van der Waals surface area contributed by atoms with Crippen LogP contribution in [0.25, 0.3) is 0 Å². The zero-order valence-electron chi connectivity index (χ0n) is 15.9. The van der Waals surface area contributed by atoms with Gasteiger partial charge < -0.3 is 19.6 Å². The molecule has 4 rings (SSSR count). The Hall–Kier alpha value is -2.12. The molecule has 3 fully saturated rings. The van der Waals surface area contributed by atoms with Gasteiger partial charge in [-0.05, 0) is 44.7 Å². The molecule has 146 valence electrons. The number of carbonyl (C=O) groups excluding carboxylic acids is 2. The highest BCUT2D eigenvalue weighted by Crippen LogP contribution is 2.39. The molecule has 1 aromatic rings. The first-order valence-corrected chi connectivity index (χ1v) is 9.66. The number of likely N-dealkylation sites (tertiary alicyclic amines) is 1. The van der Waals surface area contributed by atoms with Crippen LogP contribution in [0.1, 0.15) is 23.7 Å². The van der Waals surface area contributed by atoms with Crippen molar-refractivity contribution in [3.63, 3.8) is 0 Å². The van der Waals surface area contributed by atoms with Gasteiger partial charge in [0.25, 0.3) is 5.91 Å². The number of phenols is 1. The third-order valence-electron chi connectivity index (χ3n) is 6.39. The van der Waals surface area contributed by atoms with Crippen LogP contribution >= 0.6 is 0 Å². The summed E-state index contributed by atoms with van der Waals surface area (Å²) in [6, 6.07) is 6.55. The average Bonchev–Trinajstić information content (AvgIpc) is 2.92. The highest BCUT2D eigenvalue weighted by atomic mass is 16.5. The highest BCUT2D eigenvalue weighted by Gasteiger charge is 2.52. The molecule has 0 aromatic heterocycles. The van der Waals surface area contributed by atoms with Crippen molar-refractivity contribution in [1.29, 1.82) is 0 Å². The van der Waals surface area contributed by atoms with Crippen LogP contribution in [0.5, 0.6) is 5.75 Å². The molecule has 2 bridgehead atoms. The van der Waals surface area contributed by atoms with E-state index in [4.69, 9.17) is 4.74 Å². The number of hydrogen-bond donors (Lipinski definition) is 1. The van der Waals surface area contributed by atoms with Crippen molar-refractivity contribution in [2.45, 2.75) is 31.5 Å². The van der Waals surface area contributed by atoms with E-state index >= 15 is 0 Å². The minimum absolute atomic E-state index is 0.0279. The highest BCUT2D eigenvalue weighted by molar-refractivity contribution is 5.95. The minimum Gasteiger partial charge on any atom is -0.508 e. The predicted octanol–water partition coefficient (Wildman–Crippen LogP) is 0.784. The molecule has 27 heavy (non-hydrogen) atoms. The first-order valence-electron chi connectivity index (χ1n) is 9.66. The van der Waals surface area contributed by atoms with Crippen molar-refractivity contribution in [3.05, 3.63) is 29.8 Å². The van der Waals surface area contributed by atoms with Crippen LogP contribution in [0.4, 0.5) is 0 Å². The molecule has 1 aromatic carbocycles. The standard InChI is InChI=1S/C20H27N3O4/c1-13-18-17(20(26)22-7-9-27-10-8-22)11-15(21(18)2)12-23(13)19(25)14-3-5-16(24)6-4-14/h3-6,13,15,17-18,24H,7-12H2,1-2H3/t13?,15-,17+,18-/m1/s1. The molecular weight excluding hydrogens is 346 g/mol. The lowest BCUT2D eigenvalue weighted by atomic mass is 9.93. The lowest BCUT2D eigenvalue weighted by Gasteiger charge is -2.45. The van der Waals surface area contributed by atoms with Crippen LogP contribution in [0.2, 0.25) is 0 Å². The first kappa shape index (κ1) is 18.3. The fourth-order valence-corrected chi connectivity index (χ4v) is 4.89. The van der Waals surface area contributed by atoms with E-state index in [0.29, 0.717) is 38.4 Å². The van der Waals surface area contributed by atoms with E-state index in [9.17, 15) is 14.7 Å². The quantitative estimate of drug-likeness (QED) is 0.830. The molecule has 2 amide bonds. The molecule has 3 aliphatic rings. The number of ether oxygens (including phenoxy) is 1. The number of benzene rings is 1. The lowest BCUT2D eigenvalue weighted by Crippen LogP contribution is -2.60. The van der Waals surface area contributed by atoms with Gasteiger partial charge in [0.2, 0.25) is 5.91 Å². The summed E-state index contributed by atoms with van der Waals surface area (Å²) in [5.41, 5.74) is 0.569. The SMILES string of the molecule is CC1[C@@H]2[C@@H](C(=O)N3CCOCC3)C[C@H](CN1C(=O)c1ccc(O)cc1)N2C. The zero-order chi connectivity index (χ0) is 19.1. The van der Waals surface area contributed by atoms with Crippen molar-refractivity contribution < 1.29 is 19.4 Å². The van der Waals surface area contributed by atoms with E-state index in [1.165, 1.54) is 12.1 Å². The Balaban J connectivity index is 1.54. The minimum atomic E-state index is -0.0780. The summed E-state index contributed by atoms with van der Waals surface area (Å²) in [6.07, 6.45) is 0.793. The summed E-state index contributed by atoms with van der Waals surface area (Å²) in [7, 11) is 2.07. The Morgan fingerprint density at radius 1 is 1.15 bits per heavy atom. The fraction of sp³-hybridized carbons (Fsp3) is 0.600. The Bertz CT molecular complexity index is 716. The van der Waals surface area contributed by atoms with Crippen LogP contribution in [-0.4, -0.2) is 89.6 Å². The topological polar surface area (TPSA) is 73.3 Å². The molecule has 0 saturated carbocycles. The molecule has 0 spiro atoms. The molecule has 3 aliphatic heterocycles. The summed E-state index contributed by atoms with van der Waals surface area (Å²) in [4.78, 5) is 32.3. The summed E-state index contributed by atoms with van der Waals surface area (Å²) in [5.74, 6) is 0.230. The second-order valence-electron chi connectivity index (χ2n) is 7.83. The maximum Gasteiger partial charge on any atom is 0.254 e. The summed E-state index contributed by atoms with van der Waals surface area (Å²) < 4.78 is 5.37. The Kier molecular flexibility index (Phi) is 4.82. The van der Waals surface area contributed by atoms with E-state index in [1.807, 2.05) is 16.7 Å². The first-order chi connectivity index (χ1) is 13.0. The lowest BCUT2D eigenvalue weighted by molar-refractivity contribution is -0.141. The van der Waals surface area contributed by atoms with Crippen molar-refractivity contribution in [2.24, 2.45) is 5.92 Å². The van der Waals surface area contributed by atoms with Crippen LogP contribution in [0, 0.1) is 5.92 Å². The van der Waals surface area contributed by atoms with Gasteiger partial charge in [-0.3, -0.25) is 14.5 Å². The number of carbonyl (C=O) groups is 2. The second kappa shape index (κ2) is 7.13. The number of hydrogen-bond acceptors (Lipinski definition) is 5. The summed E-state index contributed by atoms with van der Waals surface area (Å²) in [5, 5.41) is 9.47. The number of phenolic OH excluding ortho intramolecular Hbond substituents is 1. The summed E-state index contributed by atoms with van der Waals surface area (Å²) in [6.45, 7) is 5.18. The molecule has 3 heterocycles. The molecule has 7 heteroatoms. The van der Waals surface area contributed by atoms with E-state index in [1.54, 1.807) is 12.1 Å². The van der Waals surface area contributed by atoms with Crippen molar-refractivity contribution in [3.8, 4) is 5.75 Å². The van der Waals surface area contributed by atoms with Gasteiger partial charge in [-0.15, -0.1) is 0 Å². The van der Waals surface area contributed by atoms with Gasteiger partial charge in [-0.25, -0.2) is 0 Å². The molecule has 3 saturated heterocycles. The number of piperazine rings is 1. The van der Waals surface area contributed by atoms with Gasteiger partial charge in [-0.2, -0.15) is 0 Å². The molecule has 0 radical (unpaired) electrons. The fourth-order valence-electron chi connectivity index (χ4n) is 4.89. The monoisotopic (exact) mass is 373 g/mol. The smallest absolute Gasteiger partial charge is 0.254 e. The van der Waals surface area contributed by atoms with Gasteiger partial charge >= 0.3 is 0 Å². The van der Waals surface area contributed by atoms with Gasteiger partial charge in [0.05, 0.1) is 19.1 Å². The van der Waals surface area contributed by atoms with Crippen molar-refractivity contribution in [1.82, 2.24) is 14.7 Å². The Morgan fingerprint density at radius 3 is 2.48 bits per heavy atom. The zero-order valence-corrected chi connectivity index (χ0v) is 15.9. The number of morpholine rings is 1. The maximum atomic E-state index is 13.1. The third-order valence-corrected chi connectivity index (χ3v) is 6.39. The normalized spacial score (nSPS) is 31.2. The van der Waals surface area contributed by atoms with Crippen LogP contribution in [-0.2, 0) is 9.53 Å². The van der Waals surface area contributed by atoms with Crippen LogP contribution < -0.4 is 0 Å². The number of likely N-dealkylation sites (N-methyl/N-ethyl adjacent to an activating group) is 1.